The summed E-state index contributed by atoms with van der Waals surface area (Å²) in [5.41, 5.74) is 1.37. The fraction of sp³-hybridized carbons (Fsp3) is 0.0909. The number of nitrogens with one attached hydrogen (secondary N) is 1. The van der Waals surface area contributed by atoms with Gasteiger partial charge in [-0.15, -0.1) is 5.10 Å². The van der Waals surface area contributed by atoms with E-state index in [2.05, 4.69) is 14.9 Å². The van der Waals surface area contributed by atoms with E-state index < -0.39 is 5.97 Å². The van der Waals surface area contributed by atoms with Crippen LogP contribution in [-0.2, 0) is 0 Å². The molecule has 2 rings (SSSR count). The van der Waals surface area contributed by atoms with Crippen molar-refractivity contribution in [3.63, 3.8) is 0 Å². The minimum absolute atomic E-state index is 0.123. The molecule has 18 heavy (non-hydrogen) atoms. The Morgan fingerprint density at radius 2 is 2.17 bits per heavy atom. The minimum atomic E-state index is -1.04. The van der Waals surface area contributed by atoms with Gasteiger partial charge in [0.1, 0.15) is 4.88 Å². The number of rotatable bonds is 3. The first kappa shape index (κ1) is 12.2. The Bertz CT molecular complexity index is 596. The first-order valence-electron chi connectivity index (χ1n) is 5.00. The SMILES string of the molecule is Cc1ccc(C(=O)O)cc1NC(=O)c1cnns1. The van der Waals surface area contributed by atoms with Gasteiger partial charge in [-0.1, -0.05) is 10.6 Å². The van der Waals surface area contributed by atoms with Gasteiger partial charge in [-0.3, -0.25) is 4.79 Å². The van der Waals surface area contributed by atoms with E-state index in [4.69, 9.17) is 5.11 Å². The maximum Gasteiger partial charge on any atom is 0.335 e. The molecule has 0 aliphatic carbocycles. The number of aromatic carboxylic acids is 1. The van der Waals surface area contributed by atoms with Crippen LogP contribution in [0, 0.1) is 6.92 Å². The number of carbonyl (C=O) groups is 2. The van der Waals surface area contributed by atoms with Crippen LogP contribution in [0.3, 0.4) is 0 Å². The van der Waals surface area contributed by atoms with Crippen molar-refractivity contribution in [1.29, 1.82) is 0 Å². The predicted octanol–water partition coefficient (Wildman–Crippen LogP) is 1.80. The van der Waals surface area contributed by atoms with Crippen LogP contribution in [0.5, 0.6) is 0 Å². The Labute approximate surface area is 106 Å². The molecule has 0 spiro atoms. The number of benzene rings is 1. The Kier molecular flexibility index (Phi) is 3.33. The van der Waals surface area contributed by atoms with Crippen molar-refractivity contribution in [2.75, 3.05) is 5.32 Å². The molecule has 92 valence electrons. The van der Waals surface area contributed by atoms with Crippen LogP contribution in [0.25, 0.3) is 0 Å². The number of carboxylic acids is 1. The van der Waals surface area contributed by atoms with Crippen molar-refractivity contribution in [2.45, 2.75) is 6.92 Å². The van der Waals surface area contributed by atoms with E-state index in [9.17, 15) is 9.59 Å². The topological polar surface area (TPSA) is 92.2 Å². The van der Waals surface area contributed by atoms with Crippen LogP contribution in [0.2, 0.25) is 0 Å². The van der Waals surface area contributed by atoms with Crippen LogP contribution in [0.15, 0.2) is 24.4 Å². The first-order chi connectivity index (χ1) is 8.58. The van der Waals surface area contributed by atoms with Gasteiger partial charge in [0.2, 0.25) is 0 Å². The highest BCUT2D eigenvalue weighted by atomic mass is 32.1. The highest BCUT2D eigenvalue weighted by Crippen LogP contribution is 2.18. The summed E-state index contributed by atoms with van der Waals surface area (Å²) in [6.45, 7) is 1.78. The third kappa shape index (κ3) is 2.51. The molecule has 0 aliphatic heterocycles. The van der Waals surface area contributed by atoms with Crippen LogP contribution in [0.4, 0.5) is 5.69 Å². The Morgan fingerprint density at radius 1 is 1.39 bits per heavy atom. The maximum absolute atomic E-state index is 11.8. The van der Waals surface area contributed by atoms with E-state index in [0.29, 0.717) is 10.6 Å². The number of carboxylic acid groups (broad SMARTS) is 1. The zero-order valence-corrected chi connectivity index (χ0v) is 10.2. The van der Waals surface area contributed by atoms with Crippen molar-refractivity contribution in [1.82, 2.24) is 9.59 Å². The standard InChI is InChI=1S/C11H9N3O3S/c1-6-2-3-7(11(16)17)4-8(6)13-10(15)9-5-12-14-18-9/h2-5H,1H3,(H,13,15)(H,16,17). The Morgan fingerprint density at radius 3 is 2.78 bits per heavy atom. The van der Waals surface area contributed by atoms with Crippen molar-refractivity contribution >= 4 is 29.1 Å². The van der Waals surface area contributed by atoms with Gasteiger partial charge in [-0.05, 0) is 36.2 Å². The largest absolute Gasteiger partial charge is 0.478 e. The number of anilines is 1. The predicted molar refractivity (Wildman–Crippen MR) is 66.0 cm³/mol. The van der Waals surface area contributed by atoms with E-state index in [1.54, 1.807) is 13.0 Å². The number of nitrogens with zero attached hydrogens (tertiary/aromatic N) is 2. The van der Waals surface area contributed by atoms with Crippen LogP contribution in [0.1, 0.15) is 25.6 Å². The zero-order valence-electron chi connectivity index (χ0n) is 9.38. The summed E-state index contributed by atoms with van der Waals surface area (Å²) in [5, 5.41) is 15.1. The highest BCUT2D eigenvalue weighted by molar-refractivity contribution is 7.07. The molecule has 1 heterocycles. The molecular formula is C11H9N3O3S. The molecule has 1 aromatic heterocycles. The fourth-order valence-corrected chi connectivity index (χ4v) is 1.75. The minimum Gasteiger partial charge on any atom is -0.478 e. The van der Waals surface area contributed by atoms with Gasteiger partial charge in [0, 0.05) is 5.69 Å². The Hall–Kier alpha value is -2.28. The molecule has 2 aromatic rings. The molecule has 0 bridgehead atoms. The average molecular weight is 263 g/mol. The molecule has 1 aromatic carbocycles. The third-order valence-corrected chi connectivity index (χ3v) is 2.98. The molecule has 0 unspecified atom stereocenters. The second-order valence-corrected chi connectivity index (χ2v) is 4.36. The van der Waals surface area contributed by atoms with Crippen LogP contribution in [-0.4, -0.2) is 26.6 Å². The number of aryl methyl sites for hydroxylation is 1. The molecule has 2 N–H and O–H groups in total. The molecule has 0 aliphatic rings. The molecular weight excluding hydrogens is 254 g/mol. The summed E-state index contributed by atoms with van der Waals surface area (Å²) < 4.78 is 3.59. The van der Waals surface area contributed by atoms with Gasteiger partial charge < -0.3 is 10.4 Å². The van der Waals surface area contributed by atoms with Crippen molar-refractivity contribution < 1.29 is 14.7 Å². The summed E-state index contributed by atoms with van der Waals surface area (Å²) in [7, 11) is 0. The molecule has 7 heteroatoms. The van der Waals surface area contributed by atoms with Crippen molar-refractivity contribution in [2.24, 2.45) is 0 Å². The van der Waals surface area contributed by atoms with Gasteiger partial charge in [0.15, 0.2) is 0 Å². The Balaban J connectivity index is 2.26. The average Bonchev–Trinajstić information content (AvgIpc) is 2.85. The summed E-state index contributed by atoms with van der Waals surface area (Å²) >= 11 is 0.977. The zero-order chi connectivity index (χ0) is 13.1. The first-order valence-corrected chi connectivity index (χ1v) is 5.78. The fourth-order valence-electron chi connectivity index (χ4n) is 1.34. The van der Waals surface area contributed by atoms with Gasteiger partial charge in [-0.25, -0.2) is 4.79 Å². The number of carbonyl (C=O) groups excluding carboxylic acids is 1. The molecule has 0 atom stereocenters. The van der Waals surface area contributed by atoms with E-state index in [-0.39, 0.29) is 11.5 Å². The quantitative estimate of drug-likeness (QED) is 0.880. The smallest absolute Gasteiger partial charge is 0.335 e. The van der Waals surface area contributed by atoms with Crippen molar-refractivity contribution in [3.8, 4) is 0 Å². The van der Waals surface area contributed by atoms with Gasteiger partial charge in [-0.2, -0.15) is 0 Å². The maximum atomic E-state index is 11.8. The lowest BCUT2D eigenvalue weighted by Crippen LogP contribution is -2.12. The second-order valence-electron chi connectivity index (χ2n) is 3.57. The lowest BCUT2D eigenvalue weighted by atomic mass is 10.1. The molecule has 0 saturated heterocycles. The van der Waals surface area contributed by atoms with Crippen LogP contribution < -0.4 is 5.32 Å². The van der Waals surface area contributed by atoms with E-state index in [1.807, 2.05) is 0 Å². The van der Waals surface area contributed by atoms with Crippen molar-refractivity contribution in [3.05, 3.63) is 40.4 Å². The lowest BCUT2D eigenvalue weighted by Gasteiger charge is -2.07. The summed E-state index contributed by atoms with van der Waals surface area (Å²) in [6, 6.07) is 4.55. The monoisotopic (exact) mass is 263 g/mol. The number of hydrogen-bond donors (Lipinski definition) is 2. The molecule has 6 nitrogen and oxygen atoms in total. The van der Waals surface area contributed by atoms with Gasteiger partial charge in [0.25, 0.3) is 5.91 Å². The highest BCUT2D eigenvalue weighted by Gasteiger charge is 2.12. The number of amides is 1. The third-order valence-electron chi connectivity index (χ3n) is 2.32. The molecule has 0 radical (unpaired) electrons. The molecule has 1 amide bonds. The summed E-state index contributed by atoms with van der Waals surface area (Å²) in [6.07, 6.45) is 1.36. The molecule has 0 fully saturated rings. The normalized spacial score (nSPS) is 10.1. The number of aromatic nitrogens is 2. The van der Waals surface area contributed by atoms with Gasteiger partial charge in [0.05, 0.1) is 11.8 Å². The van der Waals surface area contributed by atoms with Gasteiger partial charge >= 0.3 is 5.97 Å². The van der Waals surface area contributed by atoms with E-state index in [0.717, 1.165) is 17.1 Å². The molecule has 0 saturated carbocycles. The number of hydrogen-bond acceptors (Lipinski definition) is 5. The van der Waals surface area contributed by atoms with E-state index in [1.165, 1.54) is 18.3 Å². The summed E-state index contributed by atoms with van der Waals surface area (Å²) in [4.78, 5) is 23.0. The summed E-state index contributed by atoms with van der Waals surface area (Å²) in [5.74, 6) is -1.39. The second kappa shape index (κ2) is 4.92. The van der Waals surface area contributed by atoms with Crippen LogP contribution >= 0.6 is 11.5 Å². The lowest BCUT2D eigenvalue weighted by molar-refractivity contribution is 0.0696. The van der Waals surface area contributed by atoms with E-state index >= 15 is 0 Å².